The Hall–Kier alpha value is -3.97. The van der Waals surface area contributed by atoms with Gasteiger partial charge in [0.2, 0.25) is 5.91 Å². The number of carbonyl (C=O) groups is 2. The van der Waals surface area contributed by atoms with Crippen LogP contribution in [0.4, 0.5) is 5.69 Å². The minimum atomic E-state index is -0.587. The average molecular weight is 408 g/mol. The first-order chi connectivity index (χ1) is 13.9. The summed E-state index contributed by atoms with van der Waals surface area (Å²) in [6.45, 7) is 1.33. The quantitative estimate of drug-likeness (QED) is 0.465. The van der Waals surface area contributed by atoms with E-state index in [9.17, 15) is 25.0 Å². The Morgan fingerprint density at radius 3 is 2.66 bits per heavy atom. The van der Waals surface area contributed by atoms with Crippen LogP contribution in [0.5, 0.6) is 11.5 Å². The van der Waals surface area contributed by atoms with Crippen molar-refractivity contribution in [3.63, 3.8) is 0 Å². The number of non-ortho nitro benzene ring substituents is 1. The number of nitro benzene ring substituents is 1. The third-order valence-electron chi connectivity index (χ3n) is 3.60. The molecule has 3 rings (SSSR count). The van der Waals surface area contributed by atoms with Gasteiger partial charge in [0.15, 0.2) is 5.17 Å². The summed E-state index contributed by atoms with van der Waals surface area (Å²) >= 11 is 1.06. The molecule has 0 radical (unpaired) electrons. The van der Waals surface area contributed by atoms with Gasteiger partial charge in [0, 0.05) is 19.1 Å². The molecule has 2 amide bonds. The van der Waals surface area contributed by atoms with E-state index in [1.807, 2.05) is 6.07 Å². The van der Waals surface area contributed by atoms with Gasteiger partial charge in [0.25, 0.3) is 11.6 Å². The lowest BCUT2D eigenvalue weighted by Crippen LogP contribution is -2.23. The highest BCUT2D eigenvalue weighted by Gasteiger charge is 2.22. The van der Waals surface area contributed by atoms with Crippen molar-refractivity contribution < 1.29 is 19.2 Å². The molecule has 10 heteroatoms. The molecule has 0 atom stereocenters. The molecular weight excluding hydrogens is 396 g/mol. The first kappa shape index (κ1) is 19.8. The Labute approximate surface area is 168 Å². The average Bonchev–Trinajstić information content (AvgIpc) is 3.01. The van der Waals surface area contributed by atoms with Crippen LogP contribution in [0, 0.1) is 21.4 Å². The Morgan fingerprint density at radius 1 is 1.31 bits per heavy atom. The predicted molar refractivity (Wildman–Crippen MR) is 106 cm³/mol. The highest BCUT2D eigenvalue weighted by atomic mass is 32.2. The zero-order valence-corrected chi connectivity index (χ0v) is 15.7. The maximum absolute atomic E-state index is 11.9. The van der Waals surface area contributed by atoms with Gasteiger partial charge in [-0.15, -0.1) is 0 Å². The molecule has 1 aliphatic heterocycles. The first-order valence-electron chi connectivity index (χ1n) is 8.12. The molecule has 1 aliphatic rings. The summed E-state index contributed by atoms with van der Waals surface area (Å²) in [5, 5.41) is 22.7. The van der Waals surface area contributed by atoms with Gasteiger partial charge in [0.1, 0.15) is 23.1 Å². The fourth-order valence-corrected chi connectivity index (χ4v) is 3.19. The molecule has 0 saturated heterocycles. The normalized spacial score (nSPS) is 14.3. The zero-order valence-electron chi connectivity index (χ0n) is 14.9. The highest BCUT2D eigenvalue weighted by molar-refractivity contribution is 8.18. The van der Waals surface area contributed by atoms with Crippen LogP contribution in [0.25, 0.3) is 6.08 Å². The largest absolute Gasteiger partial charge is 0.456 e. The SMILES string of the molecule is CC(=O)NC1=NC(=O)/C(=C/c2ccc(Oc3ccc([N+](=O)[O-])cc3C#N)cc2)S1. The van der Waals surface area contributed by atoms with Crippen molar-refractivity contribution in [2.45, 2.75) is 6.92 Å². The van der Waals surface area contributed by atoms with E-state index in [-0.39, 0.29) is 28.1 Å². The monoisotopic (exact) mass is 408 g/mol. The van der Waals surface area contributed by atoms with Crippen LogP contribution in [0.1, 0.15) is 18.1 Å². The number of ether oxygens (including phenoxy) is 1. The molecule has 0 unspecified atom stereocenters. The summed E-state index contributed by atoms with van der Waals surface area (Å²) in [5.41, 5.74) is 0.549. The summed E-state index contributed by atoms with van der Waals surface area (Å²) in [4.78, 5) is 37.3. The molecule has 9 nitrogen and oxygen atoms in total. The molecule has 1 N–H and O–H groups in total. The number of nitro groups is 1. The maximum Gasteiger partial charge on any atom is 0.286 e. The van der Waals surface area contributed by atoms with E-state index >= 15 is 0 Å². The van der Waals surface area contributed by atoms with Crippen LogP contribution in [0.3, 0.4) is 0 Å². The highest BCUT2D eigenvalue weighted by Crippen LogP contribution is 2.30. The summed E-state index contributed by atoms with van der Waals surface area (Å²) in [7, 11) is 0. The van der Waals surface area contributed by atoms with E-state index in [2.05, 4.69) is 10.3 Å². The maximum atomic E-state index is 11.9. The predicted octanol–water partition coefficient (Wildman–Crippen LogP) is 3.37. The fraction of sp³-hybridized carbons (Fsp3) is 0.0526. The fourth-order valence-electron chi connectivity index (χ4n) is 2.33. The van der Waals surface area contributed by atoms with Crippen molar-refractivity contribution in [2.24, 2.45) is 4.99 Å². The lowest BCUT2D eigenvalue weighted by Gasteiger charge is -2.07. The lowest BCUT2D eigenvalue weighted by molar-refractivity contribution is -0.384. The standard InChI is InChI=1S/C19H12N4O5S/c1-11(24)21-19-22-18(25)17(29-19)8-12-2-5-15(6-3-12)28-16-7-4-14(23(26)27)9-13(16)10-20/h2-9H,1H3,(H,21,22,24,25)/b17-8-. The second-order valence-corrected chi connectivity index (χ2v) is 6.77. The minimum Gasteiger partial charge on any atom is -0.456 e. The number of nitrogens with zero attached hydrogens (tertiary/aromatic N) is 3. The molecule has 0 aromatic heterocycles. The molecule has 0 spiro atoms. The lowest BCUT2D eigenvalue weighted by atomic mass is 10.2. The molecule has 0 saturated carbocycles. The molecule has 0 bridgehead atoms. The number of carbonyl (C=O) groups excluding carboxylic acids is 2. The van der Waals surface area contributed by atoms with Gasteiger partial charge < -0.3 is 10.1 Å². The van der Waals surface area contributed by atoms with Gasteiger partial charge in [-0.2, -0.15) is 10.3 Å². The van der Waals surface area contributed by atoms with E-state index in [0.717, 1.165) is 17.8 Å². The number of aliphatic imine (C=N–C) groups is 1. The van der Waals surface area contributed by atoms with Crippen LogP contribution in [-0.2, 0) is 9.59 Å². The van der Waals surface area contributed by atoms with Crippen molar-refractivity contribution in [2.75, 3.05) is 0 Å². The zero-order chi connectivity index (χ0) is 21.0. The minimum absolute atomic E-state index is 0.0426. The molecule has 0 aliphatic carbocycles. The number of nitriles is 1. The third kappa shape index (κ3) is 4.85. The van der Waals surface area contributed by atoms with Crippen LogP contribution < -0.4 is 10.1 Å². The Balaban J connectivity index is 1.73. The summed E-state index contributed by atoms with van der Waals surface area (Å²) < 4.78 is 5.63. The van der Waals surface area contributed by atoms with Gasteiger partial charge in [-0.05, 0) is 41.6 Å². The molecule has 29 heavy (non-hydrogen) atoms. The van der Waals surface area contributed by atoms with Gasteiger partial charge in [-0.3, -0.25) is 19.7 Å². The number of benzene rings is 2. The molecule has 2 aromatic rings. The van der Waals surface area contributed by atoms with E-state index in [1.54, 1.807) is 30.3 Å². The van der Waals surface area contributed by atoms with E-state index in [1.165, 1.54) is 19.1 Å². The van der Waals surface area contributed by atoms with Crippen molar-refractivity contribution in [1.82, 2.24) is 5.32 Å². The Morgan fingerprint density at radius 2 is 2.03 bits per heavy atom. The first-order valence-corrected chi connectivity index (χ1v) is 8.94. The summed E-state index contributed by atoms with van der Waals surface area (Å²) in [6.07, 6.45) is 1.63. The number of rotatable bonds is 4. The van der Waals surface area contributed by atoms with Crippen molar-refractivity contribution in [3.05, 3.63) is 68.6 Å². The van der Waals surface area contributed by atoms with Crippen LogP contribution in [-0.4, -0.2) is 21.9 Å². The molecule has 0 fully saturated rings. The number of amides is 2. The Bertz CT molecular complexity index is 1120. The Kier molecular flexibility index (Phi) is 5.71. The summed E-state index contributed by atoms with van der Waals surface area (Å²) in [5.74, 6) is -0.143. The molecule has 1 heterocycles. The number of amidine groups is 1. The van der Waals surface area contributed by atoms with Gasteiger partial charge in [0.05, 0.1) is 9.83 Å². The van der Waals surface area contributed by atoms with Crippen LogP contribution in [0.15, 0.2) is 52.4 Å². The van der Waals surface area contributed by atoms with Crippen molar-refractivity contribution >= 4 is 40.5 Å². The second kappa shape index (κ2) is 8.37. The van der Waals surface area contributed by atoms with E-state index < -0.39 is 10.8 Å². The van der Waals surface area contributed by atoms with Gasteiger partial charge in [-0.25, -0.2) is 0 Å². The second-order valence-electron chi connectivity index (χ2n) is 5.73. The van der Waals surface area contributed by atoms with Crippen LogP contribution >= 0.6 is 11.8 Å². The van der Waals surface area contributed by atoms with Crippen LogP contribution in [0.2, 0.25) is 0 Å². The smallest absolute Gasteiger partial charge is 0.286 e. The number of nitrogens with one attached hydrogen (secondary N) is 1. The van der Waals surface area contributed by atoms with E-state index in [0.29, 0.717) is 16.2 Å². The number of hydrogen-bond donors (Lipinski definition) is 1. The van der Waals surface area contributed by atoms with E-state index in [4.69, 9.17) is 4.74 Å². The van der Waals surface area contributed by atoms with Crippen molar-refractivity contribution in [3.8, 4) is 17.6 Å². The molecule has 2 aromatic carbocycles. The van der Waals surface area contributed by atoms with Crippen molar-refractivity contribution in [1.29, 1.82) is 5.26 Å². The topological polar surface area (TPSA) is 135 Å². The summed E-state index contributed by atoms with van der Waals surface area (Å²) in [6, 6.07) is 12.3. The van der Waals surface area contributed by atoms with Gasteiger partial charge >= 0.3 is 0 Å². The third-order valence-corrected chi connectivity index (χ3v) is 4.50. The number of thioether (sulfide) groups is 1. The van der Waals surface area contributed by atoms with Gasteiger partial charge in [-0.1, -0.05) is 12.1 Å². The number of hydrogen-bond acceptors (Lipinski definition) is 7. The molecule has 144 valence electrons. The molecular formula is C19H12N4O5S.